The number of benzene rings is 12. The maximum atomic E-state index is 2.43. The molecule has 0 radical (unpaired) electrons. The summed E-state index contributed by atoms with van der Waals surface area (Å²) >= 11 is 1.88. The van der Waals surface area contributed by atoms with Crippen LogP contribution in [-0.4, -0.2) is 0 Å². The number of hydrogen-bond donors (Lipinski definition) is 0. The highest BCUT2D eigenvalue weighted by molar-refractivity contribution is 7.25. The van der Waals surface area contributed by atoms with E-state index in [0.29, 0.717) is 0 Å². The minimum Gasteiger partial charge on any atom is -0.135 e. The smallest absolute Gasteiger partial charge is 0.0355 e. The van der Waals surface area contributed by atoms with Crippen LogP contribution in [-0.2, 0) is 0 Å². The monoisotopic (exact) mass is 736 g/mol. The zero-order chi connectivity index (χ0) is 37.2. The lowest BCUT2D eigenvalue weighted by Crippen LogP contribution is -1.89. The third-order valence-electron chi connectivity index (χ3n) is 12.6. The molecule has 0 saturated carbocycles. The second kappa shape index (κ2) is 11.7. The SMILES string of the molecule is c1ccc(-c2ccc3ccc4c(-c5cccc(-c6ccc7sc8ccc(-c9ccc%10ccc%11cccc%12ccc9c%10c%11%12)cc8c7c6)c5)ccc5ccc2c3c54)cc1. The van der Waals surface area contributed by atoms with E-state index in [0.717, 1.165) is 0 Å². The van der Waals surface area contributed by atoms with Crippen LogP contribution in [0.3, 0.4) is 0 Å². The predicted molar refractivity (Wildman–Crippen MR) is 248 cm³/mol. The first-order chi connectivity index (χ1) is 28.2. The van der Waals surface area contributed by atoms with Crippen LogP contribution in [0.4, 0.5) is 0 Å². The molecular weight excluding hydrogens is 705 g/mol. The van der Waals surface area contributed by atoms with E-state index in [9.17, 15) is 0 Å². The predicted octanol–water partition coefficient (Wildman–Crippen LogP) is 16.5. The minimum absolute atomic E-state index is 1.23. The van der Waals surface area contributed by atoms with Crippen LogP contribution < -0.4 is 0 Å². The van der Waals surface area contributed by atoms with Gasteiger partial charge in [0.1, 0.15) is 0 Å². The fraction of sp³-hybridized carbons (Fsp3) is 0. The van der Waals surface area contributed by atoms with Crippen LogP contribution in [0.2, 0.25) is 0 Å². The van der Waals surface area contributed by atoms with E-state index in [-0.39, 0.29) is 0 Å². The van der Waals surface area contributed by atoms with Crippen LogP contribution in [0.1, 0.15) is 0 Å². The first-order valence-electron chi connectivity index (χ1n) is 19.7. The summed E-state index contributed by atoms with van der Waals surface area (Å²) < 4.78 is 2.64. The van der Waals surface area contributed by atoms with Crippen molar-refractivity contribution in [2.75, 3.05) is 0 Å². The average Bonchev–Trinajstić information content (AvgIpc) is 3.65. The van der Waals surface area contributed by atoms with Gasteiger partial charge < -0.3 is 0 Å². The van der Waals surface area contributed by atoms with Crippen molar-refractivity contribution < 1.29 is 0 Å². The molecule has 0 N–H and O–H groups in total. The Labute approximate surface area is 333 Å². The maximum absolute atomic E-state index is 2.43. The number of rotatable bonds is 4. The van der Waals surface area contributed by atoms with Gasteiger partial charge in [-0.2, -0.15) is 0 Å². The van der Waals surface area contributed by atoms with Gasteiger partial charge in [0.05, 0.1) is 0 Å². The lowest BCUT2D eigenvalue weighted by Gasteiger charge is -2.17. The molecular formula is C56H32S. The Morgan fingerprint density at radius 2 is 0.632 bits per heavy atom. The Kier molecular flexibility index (Phi) is 6.41. The summed E-state index contributed by atoms with van der Waals surface area (Å²) in [4.78, 5) is 0. The molecule has 0 unspecified atom stereocenters. The minimum atomic E-state index is 1.23. The second-order valence-electron chi connectivity index (χ2n) is 15.6. The summed E-state index contributed by atoms with van der Waals surface area (Å²) in [5.74, 6) is 0. The van der Waals surface area contributed by atoms with Gasteiger partial charge in [-0.1, -0.05) is 164 Å². The van der Waals surface area contributed by atoms with Crippen molar-refractivity contribution in [1.82, 2.24) is 0 Å². The lowest BCUT2D eigenvalue weighted by molar-refractivity contribution is 1.63. The first-order valence-corrected chi connectivity index (χ1v) is 20.6. The maximum Gasteiger partial charge on any atom is 0.0355 e. The van der Waals surface area contributed by atoms with Gasteiger partial charge in [-0.15, -0.1) is 11.3 Å². The molecule has 0 aliphatic rings. The number of thiophene rings is 1. The quantitative estimate of drug-likeness (QED) is 0.158. The summed E-state index contributed by atoms with van der Waals surface area (Å²) in [5.41, 5.74) is 10.1. The van der Waals surface area contributed by atoms with E-state index in [4.69, 9.17) is 0 Å². The summed E-state index contributed by atoms with van der Waals surface area (Å²) in [6.45, 7) is 0. The van der Waals surface area contributed by atoms with Gasteiger partial charge in [0.25, 0.3) is 0 Å². The van der Waals surface area contributed by atoms with Gasteiger partial charge in [-0.05, 0) is 139 Å². The summed E-state index contributed by atoms with van der Waals surface area (Å²) in [7, 11) is 0. The fourth-order valence-electron chi connectivity index (χ4n) is 9.90. The van der Waals surface area contributed by atoms with E-state index in [2.05, 4.69) is 194 Å². The van der Waals surface area contributed by atoms with Crippen LogP contribution in [0.5, 0.6) is 0 Å². The van der Waals surface area contributed by atoms with E-state index in [1.165, 1.54) is 129 Å². The van der Waals surface area contributed by atoms with Gasteiger partial charge >= 0.3 is 0 Å². The summed E-state index contributed by atoms with van der Waals surface area (Å²) in [5, 5.41) is 18.4. The summed E-state index contributed by atoms with van der Waals surface area (Å²) in [6.07, 6.45) is 0. The van der Waals surface area contributed by atoms with E-state index in [1.54, 1.807) is 0 Å². The Morgan fingerprint density at radius 3 is 1.25 bits per heavy atom. The zero-order valence-corrected chi connectivity index (χ0v) is 31.7. The molecule has 0 spiro atoms. The third kappa shape index (κ3) is 4.55. The lowest BCUT2D eigenvalue weighted by atomic mass is 9.87. The fourth-order valence-corrected chi connectivity index (χ4v) is 11.0. The van der Waals surface area contributed by atoms with Crippen LogP contribution in [0, 0.1) is 0 Å². The average molecular weight is 737 g/mol. The molecule has 57 heavy (non-hydrogen) atoms. The molecule has 0 aliphatic heterocycles. The zero-order valence-electron chi connectivity index (χ0n) is 30.9. The van der Waals surface area contributed by atoms with Crippen molar-refractivity contribution in [2.24, 2.45) is 0 Å². The van der Waals surface area contributed by atoms with Crippen molar-refractivity contribution in [3.05, 3.63) is 194 Å². The highest BCUT2D eigenvalue weighted by Crippen LogP contribution is 2.45. The highest BCUT2D eigenvalue weighted by atomic mass is 32.1. The molecule has 12 aromatic carbocycles. The van der Waals surface area contributed by atoms with Gasteiger partial charge in [0.15, 0.2) is 0 Å². The molecule has 1 heterocycles. The van der Waals surface area contributed by atoms with Crippen molar-refractivity contribution in [2.45, 2.75) is 0 Å². The van der Waals surface area contributed by atoms with Crippen molar-refractivity contribution in [1.29, 1.82) is 0 Å². The largest absolute Gasteiger partial charge is 0.135 e. The van der Waals surface area contributed by atoms with E-state index >= 15 is 0 Å². The molecule has 13 aromatic rings. The normalized spacial score (nSPS) is 12.2. The van der Waals surface area contributed by atoms with Gasteiger partial charge in [-0.3, -0.25) is 0 Å². The van der Waals surface area contributed by atoms with Gasteiger partial charge in [-0.25, -0.2) is 0 Å². The molecule has 0 nitrogen and oxygen atoms in total. The molecule has 1 aromatic heterocycles. The Morgan fingerprint density at radius 1 is 0.228 bits per heavy atom. The topological polar surface area (TPSA) is 0 Å². The van der Waals surface area contributed by atoms with Crippen molar-refractivity contribution >= 4 is 96.1 Å². The molecule has 0 atom stereocenters. The Hall–Kier alpha value is -7.06. The van der Waals surface area contributed by atoms with Crippen LogP contribution in [0.15, 0.2) is 194 Å². The van der Waals surface area contributed by atoms with Crippen molar-refractivity contribution in [3.63, 3.8) is 0 Å². The molecule has 0 fully saturated rings. The molecule has 0 saturated heterocycles. The standard InChI is InChI=1S/C56H32S/c1-2-6-33(7-3-1)43-22-14-37-19-27-48-44(23-16-38-18-26-46(43)55(37)56(38)48)41-11-5-10-39(30-41)40-20-28-51-49(31-40)50-32-42(21-29-52(50)57-51)45-24-15-36-13-12-34-8-4-9-35-17-25-47(45)54(36)53(34)35/h1-32H. The molecule has 0 bridgehead atoms. The first kappa shape index (κ1) is 31.2. The second-order valence-corrected chi connectivity index (χ2v) is 16.7. The van der Waals surface area contributed by atoms with Gasteiger partial charge in [0.2, 0.25) is 0 Å². The molecule has 1 heteroatoms. The Bertz CT molecular complexity index is 3720. The molecule has 0 amide bonds. The van der Waals surface area contributed by atoms with Gasteiger partial charge in [0, 0.05) is 20.2 Å². The van der Waals surface area contributed by atoms with E-state index in [1.807, 2.05) is 11.3 Å². The van der Waals surface area contributed by atoms with Crippen LogP contribution >= 0.6 is 11.3 Å². The third-order valence-corrected chi connectivity index (χ3v) is 13.7. The molecule has 0 aliphatic carbocycles. The Balaban J connectivity index is 0.939. The van der Waals surface area contributed by atoms with Crippen molar-refractivity contribution in [3.8, 4) is 44.5 Å². The van der Waals surface area contributed by atoms with Crippen LogP contribution in [0.25, 0.3) is 129 Å². The molecule has 13 rings (SSSR count). The highest BCUT2D eigenvalue weighted by Gasteiger charge is 2.17. The molecule has 262 valence electrons. The number of hydrogen-bond acceptors (Lipinski definition) is 1. The summed E-state index contributed by atoms with van der Waals surface area (Å²) in [6, 6.07) is 72.8. The number of fused-ring (bicyclic) bond motifs is 3. The van der Waals surface area contributed by atoms with E-state index < -0.39 is 0 Å².